The molecule has 1 aliphatic heterocycles. The third kappa shape index (κ3) is 11.2. The smallest absolute Gasteiger partial charge is 0.00147 e. The van der Waals surface area contributed by atoms with E-state index in [4.69, 9.17) is 0 Å². The summed E-state index contributed by atoms with van der Waals surface area (Å²) >= 11 is 0. The molecule has 0 bridgehead atoms. The third-order valence-corrected chi connectivity index (χ3v) is 10.8. The van der Waals surface area contributed by atoms with E-state index in [-0.39, 0.29) is 0 Å². The van der Waals surface area contributed by atoms with Crippen molar-refractivity contribution in [3.63, 3.8) is 0 Å². The molecule has 240 valence electrons. The van der Waals surface area contributed by atoms with Crippen LogP contribution in [0.3, 0.4) is 0 Å². The molecule has 44 heavy (non-hydrogen) atoms. The van der Waals surface area contributed by atoms with Crippen LogP contribution >= 0.6 is 0 Å². The molecule has 3 atom stereocenters. The summed E-state index contributed by atoms with van der Waals surface area (Å²) in [5.41, 5.74) is 9.38. The second kappa shape index (κ2) is 19.2. The van der Waals surface area contributed by atoms with Crippen LogP contribution in [0.2, 0.25) is 0 Å². The zero-order valence-electron chi connectivity index (χ0n) is 28.8. The largest absolute Gasteiger partial charge is 0.316 e. The van der Waals surface area contributed by atoms with Gasteiger partial charge in [-0.05, 0) is 141 Å². The van der Waals surface area contributed by atoms with Crippen LogP contribution in [-0.2, 0) is 32.1 Å². The van der Waals surface area contributed by atoms with Crippen LogP contribution in [0.4, 0.5) is 0 Å². The number of nitrogens with one attached hydrogen (secondary N) is 1. The van der Waals surface area contributed by atoms with Crippen LogP contribution in [0.5, 0.6) is 0 Å². The van der Waals surface area contributed by atoms with Gasteiger partial charge in [-0.15, -0.1) is 0 Å². The molecule has 0 radical (unpaired) electrons. The van der Waals surface area contributed by atoms with Crippen molar-refractivity contribution in [2.24, 2.45) is 17.8 Å². The van der Waals surface area contributed by atoms with Crippen LogP contribution in [-0.4, -0.2) is 13.1 Å². The molecule has 1 heteroatoms. The molecule has 0 amide bonds. The molecule has 1 saturated heterocycles. The molecule has 3 unspecified atom stereocenters. The van der Waals surface area contributed by atoms with E-state index in [0.717, 1.165) is 30.7 Å². The molecule has 1 nitrogen and oxygen atoms in total. The maximum Gasteiger partial charge on any atom is -0.00147 e. The van der Waals surface area contributed by atoms with Crippen LogP contribution in [0, 0.1) is 17.8 Å². The highest BCUT2D eigenvalue weighted by Gasteiger charge is 2.26. The maximum absolute atomic E-state index is 3.72. The Labute approximate surface area is 271 Å². The molecule has 1 aliphatic rings. The van der Waals surface area contributed by atoms with Crippen LogP contribution in [0.1, 0.15) is 131 Å². The van der Waals surface area contributed by atoms with Gasteiger partial charge >= 0.3 is 0 Å². The Kier molecular flexibility index (Phi) is 15.1. The minimum atomic E-state index is 0.714. The van der Waals surface area contributed by atoms with E-state index in [0.29, 0.717) is 5.92 Å². The van der Waals surface area contributed by atoms with Gasteiger partial charge in [-0.1, -0.05) is 126 Å². The van der Waals surface area contributed by atoms with E-state index in [1.807, 2.05) is 0 Å². The molecular formula is C43H63N. The summed E-state index contributed by atoms with van der Waals surface area (Å²) in [7, 11) is 0. The summed E-state index contributed by atoms with van der Waals surface area (Å²) in [4.78, 5) is 0. The average Bonchev–Trinajstić information content (AvgIpc) is 3.06. The van der Waals surface area contributed by atoms with Crippen molar-refractivity contribution < 1.29 is 0 Å². The second-order valence-corrected chi connectivity index (χ2v) is 14.3. The maximum atomic E-state index is 3.72. The molecule has 3 aromatic carbocycles. The first-order valence-electron chi connectivity index (χ1n) is 18.5. The van der Waals surface area contributed by atoms with Gasteiger partial charge in [-0.25, -0.2) is 0 Å². The Balaban J connectivity index is 1.16. The summed E-state index contributed by atoms with van der Waals surface area (Å²) < 4.78 is 0. The number of hydrogen-bond acceptors (Lipinski definition) is 1. The van der Waals surface area contributed by atoms with Crippen LogP contribution in [0.25, 0.3) is 0 Å². The van der Waals surface area contributed by atoms with Crippen molar-refractivity contribution in [2.75, 3.05) is 13.1 Å². The number of piperidine rings is 1. The molecule has 0 spiro atoms. The van der Waals surface area contributed by atoms with Crippen molar-refractivity contribution in [1.29, 1.82) is 0 Å². The summed E-state index contributed by atoms with van der Waals surface area (Å²) in [6.45, 7) is 11.7. The lowest BCUT2D eigenvalue weighted by molar-refractivity contribution is 0.301. The monoisotopic (exact) mass is 593 g/mol. The van der Waals surface area contributed by atoms with Crippen molar-refractivity contribution in [3.8, 4) is 0 Å². The number of aryl methyl sites for hydroxylation is 5. The molecule has 4 rings (SSSR count). The zero-order valence-corrected chi connectivity index (χ0v) is 28.8. The molecular weight excluding hydrogens is 530 g/mol. The molecule has 0 aliphatic carbocycles. The zero-order chi connectivity index (χ0) is 31.0. The van der Waals surface area contributed by atoms with Gasteiger partial charge in [-0.3, -0.25) is 0 Å². The van der Waals surface area contributed by atoms with E-state index in [2.05, 4.69) is 106 Å². The minimum absolute atomic E-state index is 0.714. The Bertz CT molecular complexity index is 1190. The van der Waals surface area contributed by atoms with Crippen molar-refractivity contribution in [2.45, 2.75) is 130 Å². The van der Waals surface area contributed by atoms with Gasteiger partial charge in [0.25, 0.3) is 0 Å². The minimum Gasteiger partial charge on any atom is -0.316 e. The molecule has 1 N–H and O–H groups in total. The molecule has 1 heterocycles. The SMILES string of the molecule is CCc1ccccc1CCCCCCc1ccc(C2CCNCC2CCCCc2ccccc2CCCC(C)C(C)C)cc1. The molecule has 0 aromatic heterocycles. The normalized spacial score (nSPS) is 17.7. The predicted octanol–water partition coefficient (Wildman–Crippen LogP) is 11.3. The molecule has 3 aromatic rings. The van der Waals surface area contributed by atoms with Gasteiger partial charge in [0.2, 0.25) is 0 Å². The highest BCUT2D eigenvalue weighted by Crippen LogP contribution is 2.34. The van der Waals surface area contributed by atoms with Crippen LogP contribution < -0.4 is 5.32 Å². The van der Waals surface area contributed by atoms with Gasteiger partial charge in [0.05, 0.1) is 0 Å². The van der Waals surface area contributed by atoms with E-state index < -0.39 is 0 Å². The van der Waals surface area contributed by atoms with Gasteiger partial charge in [0.1, 0.15) is 0 Å². The topological polar surface area (TPSA) is 12.0 Å². The van der Waals surface area contributed by atoms with Gasteiger partial charge in [0.15, 0.2) is 0 Å². The number of hydrogen-bond donors (Lipinski definition) is 1. The highest BCUT2D eigenvalue weighted by atomic mass is 14.9. The standard InChI is InChI=1S/C43H63N/c1-5-37-19-10-11-21-38(37)20-9-7-6-8-18-36-27-29-41(30-28-36)43-31-32-44-33-42(43)25-15-14-23-39-22-12-13-24-40(39)26-16-17-35(4)34(2)3/h10-13,19,21-22,24,27-30,34-35,42-44H,5-9,14-18,20,23,25-26,31-33H2,1-4H3. The Hall–Kier alpha value is -2.38. The lowest BCUT2D eigenvalue weighted by atomic mass is 9.78. The second-order valence-electron chi connectivity index (χ2n) is 14.3. The Morgan fingerprint density at radius 3 is 1.84 bits per heavy atom. The quantitative estimate of drug-likeness (QED) is 0.136. The van der Waals surface area contributed by atoms with E-state index in [9.17, 15) is 0 Å². The highest BCUT2D eigenvalue weighted by molar-refractivity contribution is 5.29. The summed E-state index contributed by atoms with van der Waals surface area (Å²) in [5.74, 6) is 3.10. The summed E-state index contributed by atoms with van der Waals surface area (Å²) in [5, 5.41) is 3.72. The lowest BCUT2D eigenvalue weighted by Gasteiger charge is -2.33. The molecule has 0 saturated carbocycles. The van der Waals surface area contributed by atoms with Crippen molar-refractivity contribution in [1.82, 2.24) is 5.32 Å². The first-order chi connectivity index (χ1) is 21.5. The van der Waals surface area contributed by atoms with E-state index in [1.54, 1.807) is 22.3 Å². The fourth-order valence-electron chi connectivity index (χ4n) is 7.46. The molecule has 1 fully saturated rings. The van der Waals surface area contributed by atoms with Crippen molar-refractivity contribution in [3.05, 3.63) is 106 Å². The average molecular weight is 594 g/mol. The first kappa shape index (κ1) is 34.5. The van der Waals surface area contributed by atoms with Crippen molar-refractivity contribution >= 4 is 0 Å². The number of benzene rings is 3. The third-order valence-electron chi connectivity index (χ3n) is 10.8. The Morgan fingerprint density at radius 1 is 0.636 bits per heavy atom. The fraction of sp³-hybridized carbons (Fsp3) is 0.581. The Morgan fingerprint density at radius 2 is 1.20 bits per heavy atom. The fourth-order valence-corrected chi connectivity index (χ4v) is 7.46. The van der Waals surface area contributed by atoms with Gasteiger partial charge in [0, 0.05) is 0 Å². The number of rotatable bonds is 19. The lowest BCUT2D eigenvalue weighted by Crippen LogP contribution is -2.35. The van der Waals surface area contributed by atoms with Gasteiger partial charge < -0.3 is 5.32 Å². The summed E-state index contributed by atoms with van der Waals surface area (Å²) in [6, 6.07) is 28.1. The predicted molar refractivity (Wildman–Crippen MR) is 193 cm³/mol. The first-order valence-corrected chi connectivity index (χ1v) is 18.5. The van der Waals surface area contributed by atoms with Gasteiger partial charge in [-0.2, -0.15) is 0 Å². The summed E-state index contributed by atoms with van der Waals surface area (Å²) in [6.07, 6.45) is 19.3. The number of unbranched alkanes of at least 4 members (excludes halogenated alkanes) is 4. The van der Waals surface area contributed by atoms with E-state index in [1.165, 1.54) is 108 Å². The van der Waals surface area contributed by atoms with E-state index >= 15 is 0 Å². The van der Waals surface area contributed by atoms with Crippen LogP contribution in [0.15, 0.2) is 72.8 Å².